The fourth-order valence-corrected chi connectivity index (χ4v) is 7.28. The minimum Gasteiger partial charge on any atom is -0.604 e. The lowest BCUT2D eigenvalue weighted by atomic mass is 9.90. The molecule has 4 atom stereocenters. The van der Waals surface area contributed by atoms with Crippen LogP contribution >= 0.6 is 0 Å². The van der Waals surface area contributed by atoms with Crippen molar-refractivity contribution < 1.29 is 57.3 Å². The first-order chi connectivity index (χ1) is 25.9. The van der Waals surface area contributed by atoms with Crippen molar-refractivity contribution in [2.75, 3.05) is 6.54 Å². The predicted octanol–water partition coefficient (Wildman–Crippen LogP) is 4.03. The highest BCUT2D eigenvalue weighted by atomic mass is 32.2. The highest BCUT2D eigenvalue weighted by molar-refractivity contribution is 8.07. The van der Waals surface area contributed by atoms with Gasteiger partial charge < -0.3 is 34.3 Å². The van der Waals surface area contributed by atoms with Gasteiger partial charge in [-0.25, -0.2) is 14.4 Å². The highest BCUT2D eigenvalue weighted by Crippen LogP contribution is 2.44. The van der Waals surface area contributed by atoms with Crippen LogP contribution in [0.1, 0.15) is 30.0 Å². The third-order valence-corrected chi connectivity index (χ3v) is 9.88. The number of hydrogen-bond acceptors (Lipinski definition) is 13. The number of hydrogen-bond donors (Lipinski definition) is 1. The van der Waals surface area contributed by atoms with Gasteiger partial charge in [-0.3, -0.25) is 29.9 Å². The van der Waals surface area contributed by atoms with E-state index in [0.29, 0.717) is 16.7 Å². The molecule has 0 aliphatic carbocycles. The number of carbonyl (C=O) groups is 4. The molecular formula is C34H30N6O13S. The van der Waals surface area contributed by atoms with Crippen molar-refractivity contribution >= 4 is 51.7 Å². The van der Waals surface area contributed by atoms with Crippen LogP contribution in [0, 0.1) is 26.1 Å². The second-order valence-corrected chi connectivity index (χ2v) is 13.1. The molecule has 1 unspecified atom stereocenters. The summed E-state index contributed by atoms with van der Waals surface area (Å²) in [6, 6.07) is 19.1. The Morgan fingerprint density at radius 1 is 0.870 bits per heavy atom. The number of benzene rings is 3. The molecule has 1 fully saturated rings. The smallest absolute Gasteiger partial charge is 0.508 e. The van der Waals surface area contributed by atoms with Crippen molar-refractivity contribution in [2.24, 2.45) is 5.92 Å². The molecule has 0 radical (unpaired) electrons. The van der Waals surface area contributed by atoms with Crippen molar-refractivity contribution in [1.29, 1.82) is 0 Å². The van der Waals surface area contributed by atoms with Gasteiger partial charge in [0.1, 0.15) is 37.4 Å². The number of non-ortho nitro benzene ring substituents is 2. The van der Waals surface area contributed by atoms with Gasteiger partial charge in [0.05, 0.1) is 21.0 Å². The zero-order chi connectivity index (χ0) is 38.9. The van der Waals surface area contributed by atoms with Crippen molar-refractivity contribution in [1.82, 2.24) is 10.2 Å². The summed E-state index contributed by atoms with van der Waals surface area (Å²) in [5.74, 6) is -3.07. The van der Waals surface area contributed by atoms with Crippen LogP contribution in [0.3, 0.4) is 0 Å². The summed E-state index contributed by atoms with van der Waals surface area (Å²) >= 11 is -2.29. The average molecular weight is 763 g/mol. The Hall–Kier alpha value is -6.63. The van der Waals surface area contributed by atoms with Crippen LogP contribution in [-0.2, 0) is 59.5 Å². The van der Waals surface area contributed by atoms with E-state index in [9.17, 15) is 49.5 Å². The van der Waals surface area contributed by atoms with E-state index in [-0.39, 0.29) is 49.7 Å². The maximum atomic E-state index is 13.8. The van der Waals surface area contributed by atoms with Gasteiger partial charge in [0.15, 0.2) is 5.70 Å². The molecule has 5 rings (SSSR count). The van der Waals surface area contributed by atoms with E-state index in [0.717, 1.165) is 4.90 Å². The summed E-state index contributed by atoms with van der Waals surface area (Å²) in [7, 11) is 0. The Bertz CT molecular complexity index is 2020. The standard InChI is InChI=1S/C34H30N6O13S/c1-20(53-34(44)52-19-23-9-13-25(14-10-23)40(47)48)27-30(41)38-28(32(42)50-17-21-5-3-2-4-6-21)26(29(37-35)54(49)31(27)38)15-16-36-33(43)51-18-22-7-11-24(12-8-22)39(45)46/h2-14,20,27,31H,15-19H2,1H3,(H,36,43)/t20?,27-,31-,54-/m0/s1. The Balaban J connectivity index is 1.28. The first kappa shape index (κ1) is 38.6. The maximum absolute atomic E-state index is 13.8. The number of nitro groups is 2. The Labute approximate surface area is 308 Å². The number of nitrogens with one attached hydrogen (secondary N) is 1. The summed E-state index contributed by atoms with van der Waals surface area (Å²) < 4.78 is 34.8. The number of carbonyl (C=O) groups excluding carboxylic acids is 4. The molecule has 54 heavy (non-hydrogen) atoms. The van der Waals surface area contributed by atoms with Gasteiger partial charge in [-0.1, -0.05) is 30.3 Å². The highest BCUT2D eigenvalue weighted by Gasteiger charge is 2.67. The van der Waals surface area contributed by atoms with Crippen LogP contribution in [0.15, 0.2) is 90.1 Å². The number of β-lactam (4-membered cyclic amide) rings is 1. The van der Waals surface area contributed by atoms with Crippen LogP contribution in [0.25, 0.3) is 5.53 Å². The maximum Gasteiger partial charge on any atom is 0.508 e. The number of rotatable bonds is 14. The lowest BCUT2D eigenvalue weighted by Crippen LogP contribution is -2.70. The Morgan fingerprint density at radius 2 is 1.41 bits per heavy atom. The quantitative estimate of drug-likeness (QED) is 0.0356. The molecule has 2 heterocycles. The number of ether oxygens (including phenoxy) is 4. The Kier molecular flexibility index (Phi) is 12.3. The summed E-state index contributed by atoms with van der Waals surface area (Å²) in [4.78, 5) is 76.9. The molecule has 0 bridgehead atoms. The van der Waals surface area contributed by atoms with E-state index < -0.39 is 73.3 Å². The lowest BCUT2D eigenvalue weighted by Gasteiger charge is -2.48. The minimum absolute atomic E-state index is 0.142. The SMILES string of the molecule is CC(OC(=O)OCc1ccc([N+](=O)[O-])cc1)[C@H]1C(=O)N2C(C(=O)OCc3ccccc3)=C(CCNC(=O)OCc3ccc([N+](=O)[O-])cc3)C(=[N+]=[N-])[S@+]([O-])[C@@H]12. The monoisotopic (exact) mass is 762 g/mol. The van der Waals surface area contributed by atoms with Gasteiger partial charge in [-0.2, -0.15) is 0 Å². The van der Waals surface area contributed by atoms with Gasteiger partial charge in [-0.15, -0.1) is 4.79 Å². The first-order valence-electron chi connectivity index (χ1n) is 16.0. The Morgan fingerprint density at radius 3 is 1.96 bits per heavy atom. The number of fused-ring (bicyclic) bond motifs is 1. The normalized spacial score (nSPS) is 18.0. The molecule has 280 valence electrons. The second-order valence-electron chi connectivity index (χ2n) is 11.7. The number of nitrogens with zero attached hydrogens (tertiary/aromatic N) is 5. The van der Waals surface area contributed by atoms with E-state index >= 15 is 0 Å². The molecule has 19 nitrogen and oxygen atoms in total. The van der Waals surface area contributed by atoms with Gasteiger partial charge >= 0.3 is 23.3 Å². The fourth-order valence-electron chi connectivity index (χ4n) is 5.53. The molecule has 3 aromatic rings. The molecule has 0 aromatic heterocycles. The van der Waals surface area contributed by atoms with Gasteiger partial charge in [-0.05, 0) is 47.9 Å². The molecule has 0 spiro atoms. The largest absolute Gasteiger partial charge is 0.604 e. The van der Waals surface area contributed by atoms with Crippen LogP contribution in [-0.4, -0.2) is 71.3 Å². The van der Waals surface area contributed by atoms with Crippen molar-refractivity contribution in [3.05, 3.63) is 133 Å². The molecule has 2 aliphatic heterocycles. The van der Waals surface area contributed by atoms with Gasteiger partial charge in [0.2, 0.25) is 11.3 Å². The van der Waals surface area contributed by atoms with E-state index in [2.05, 4.69) is 10.1 Å². The van der Waals surface area contributed by atoms with Crippen LogP contribution < -0.4 is 5.32 Å². The first-order valence-corrected chi connectivity index (χ1v) is 17.2. The molecule has 1 N–H and O–H groups in total. The zero-order valence-electron chi connectivity index (χ0n) is 28.2. The summed E-state index contributed by atoms with van der Waals surface area (Å²) in [6.45, 7) is 0.337. The molecule has 1 saturated heterocycles. The lowest BCUT2D eigenvalue weighted by molar-refractivity contribution is -0.385. The fraction of sp³-hybridized carbons (Fsp3) is 0.265. The van der Waals surface area contributed by atoms with Crippen LogP contribution in [0.2, 0.25) is 0 Å². The minimum atomic E-state index is -2.29. The summed E-state index contributed by atoms with van der Waals surface area (Å²) in [5.41, 5.74) is 10.6. The molecule has 3 aromatic carbocycles. The topological polar surface area (TPSA) is 266 Å². The molecule has 2 aliphatic rings. The molecule has 20 heteroatoms. The van der Waals surface area contributed by atoms with E-state index in [1.165, 1.54) is 55.5 Å². The van der Waals surface area contributed by atoms with Crippen LogP contribution in [0.5, 0.6) is 0 Å². The van der Waals surface area contributed by atoms with Crippen LogP contribution in [0.4, 0.5) is 21.0 Å². The number of amides is 2. The van der Waals surface area contributed by atoms with E-state index in [4.69, 9.17) is 18.9 Å². The van der Waals surface area contributed by atoms with Gasteiger partial charge in [0.25, 0.3) is 11.4 Å². The molecular weight excluding hydrogens is 732 g/mol. The predicted molar refractivity (Wildman–Crippen MR) is 184 cm³/mol. The third kappa shape index (κ3) is 8.87. The third-order valence-electron chi connectivity index (χ3n) is 8.23. The zero-order valence-corrected chi connectivity index (χ0v) is 29.0. The summed E-state index contributed by atoms with van der Waals surface area (Å²) in [5, 5.41) is 22.4. The van der Waals surface area contributed by atoms with Gasteiger partial charge in [0, 0.05) is 37.2 Å². The molecule has 2 amide bonds. The second kappa shape index (κ2) is 17.3. The summed E-state index contributed by atoms with van der Waals surface area (Å²) in [6.07, 6.45) is -3.64. The van der Waals surface area contributed by atoms with Crippen molar-refractivity contribution in [2.45, 2.75) is 44.6 Å². The number of nitro benzene ring substituents is 2. The average Bonchev–Trinajstić information content (AvgIpc) is 3.16. The number of alkyl carbamates (subject to hydrolysis) is 1. The van der Waals surface area contributed by atoms with Crippen molar-refractivity contribution in [3.63, 3.8) is 0 Å². The van der Waals surface area contributed by atoms with Crippen molar-refractivity contribution in [3.8, 4) is 0 Å². The number of esters is 1. The van der Waals surface area contributed by atoms with E-state index in [1.54, 1.807) is 30.3 Å². The van der Waals surface area contributed by atoms with E-state index in [1.807, 2.05) is 0 Å². The molecule has 0 saturated carbocycles.